The fraction of sp³-hybridized carbons (Fsp3) is 0.500. The third-order valence-corrected chi connectivity index (χ3v) is 2.89. The van der Waals surface area contributed by atoms with Gasteiger partial charge >= 0.3 is 0 Å². The number of halogens is 3. The molecular formula is C14H22F2IN3O. The lowest BCUT2D eigenvalue weighted by Gasteiger charge is -2.16. The van der Waals surface area contributed by atoms with Crippen molar-refractivity contribution >= 4 is 29.9 Å². The Balaban J connectivity index is 0.00000400. The summed E-state index contributed by atoms with van der Waals surface area (Å²) in [5.41, 5.74) is 0.478. The van der Waals surface area contributed by atoms with Crippen molar-refractivity contribution in [2.45, 2.75) is 12.8 Å². The van der Waals surface area contributed by atoms with Crippen molar-refractivity contribution in [3.05, 3.63) is 35.4 Å². The monoisotopic (exact) mass is 413 g/mol. The van der Waals surface area contributed by atoms with E-state index < -0.39 is 11.6 Å². The van der Waals surface area contributed by atoms with Crippen molar-refractivity contribution in [1.82, 2.24) is 10.6 Å². The quantitative estimate of drug-likeness (QED) is 0.326. The van der Waals surface area contributed by atoms with Crippen molar-refractivity contribution in [2.24, 2.45) is 4.99 Å². The highest BCUT2D eigenvalue weighted by atomic mass is 127. The fourth-order valence-corrected chi connectivity index (χ4v) is 1.75. The van der Waals surface area contributed by atoms with Crippen LogP contribution in [-0.4, -0.2) is 39.8 Å². The molecule has 1 unspecified atom stereocenters. The summed E-state index contributed by atoms with van der Waals surface area (Å²) in [5.74, 6) is -0.571. The SMILES string of the molecule is CN=C(NCCOC)NCC(C)c1ccc(F)cc1F.I. The molecular weight excluding hydrogens is 391 g/mol. The Morgan fingerprint density at radius 1 is 1.33 bits per heavy atom. The molecule has 7 heteroatoms. The van der Waals surface area contributed by atoms with E-state index in [1.54, 1.807) is 14.2 Å². The van der Waals surface area contributed by atoms with E-state index in [4.69, 9.17) is 4.74 Å². The molecule has 2 N–H and O–H groups in total. The molecule has 0 saturated carbocycles. The summed E-state index contributed by atoms with van der Waals surface area (Å²) in [4.78, 5) is 4.05. The number of guanidine groups is 1. The third-order valence-electron chi connectivity index (χ3n) is 2.89. The van der Waals surface area contributed by atoms with Crippen LogP contribution in [0.25, 0.3) is 0 Å². The molecule has 1 aromatic carbocycles. The van der Waals surface area contributed by atoms with Gasteiger partial charge in [-0.15, -0.1) is 24.0 Å². The third kappa shape index (κ3) is 7.03. The minimum absolute atomic E-state index is 0. The first-order chi connectivity index (χ1) is 9.58. The molecule has 4 nitrogen and oxygen atoms in total. The Labute approximate surface area is 141 Å². The van der Waals surface area contributed by atoms with Crippen LogP contribution < -0.4 is 10.6 Å². The second-order valence-electron chi connectivity index (χ2n) is 4.44. The summed E-state index contributed by atoms with van der Waals surface area (Å²) in [5, 5.41) is 6.15. The largest absolute Gasteiger partial charge is 0.383 e. The van der Waals surface area contributed by atoms with Gasteiger partial charge in [-0.25, -0.2) is 8.78 Å². The Morgan fingerprint density at radius 3 is 2.62 bits per heavy atom. The van der Waals surface area contributed by atoms with E-state index in [2.05, 4.69) is 15.6 Å². The van der Waals surface area contributed by atoms with Crippen LogP contribution in [0, 0.1) is 11.6 Å². The van der Waals surface area contributed by atoms with Crippen LogP contribution in [0.1, 0.15) is 18.4 Å². The molecule has 1 rings (SSSR count). The van der Waals surface area contributed by atoms with Gasteiger partial charge < -0.3 is 15.4 Å². The molecule has 1 aromatic rings. The summed E-state index contributed by atoms with van der Waals surface area (Å²) in [6, 6.07) is 3.64. The molecule has 1 atom stereocenters. The van der Waals surface area contributed by atoms with Crippen LogP contribution in [0.5, 0.6) is 0 Å². The zero-order valence-corrected chi connectivity index (χ0v) is 14.8. The van der Waals surface area contributed by atoms with E-state index in [1.807, 2.05) is 6.92 Å². The smallest absolute Gasteiger partial charge is 0.191 e. The number of aliphatic imine (C=N–C) groups is 1. The van der Waals surface area contributed by atoms with Gasteiger partial charge in [-0.3, -0.25) is 4.99 Å². The number of hydrogen-bond acceptors (Lipinski definition) is 2. The second-order valence-corrected chi connectivity index (χ2v) is 4.44. The van der Waals surface area contributed by atoms with Crippen molar-refractivity contribution in [1.29, 1.82) is 0 Å². The number of nitrogens with zero attached hydrogens (tertiary/aromatic N) is 1. The summed E-state index contributed by atoms with van der Waals surface area (Å²) < 4.78 is 31.4. The van der Waals surface area contributed by atoms with Crippen LogP contribution in [-0.2, 0) is 4.74 Å². The Morgan fingerprint density at radius 2 is 2.05 bits per heavy atom. The van der Waals surface area contributed by atoms with Crippen LogP contribution in [0.3, 0.4) is 0 Å². The van der Waals surface area contributed by atoms with E-state index in [0.717, 1.165) is 6.07 Å². The lowest BCUT2D eigenvalue weighted by molar-refractivity contribution is 0.203. The number of benzene rings is 1. The van der Waals surface area contributed by atoms with Gasteiger partial charge in [-0.1, -0.05) is 13.0 Å². The Kier molecular flexibility index (Phi) is 10.2. The standard InChI is InChI=1S/C14H21F2N3O.HI/c1-10(12-5-4-11(15)8-13(12)16)9-19-14(17-2)18-6-7-20-3;/h4-5,8,10H,6-7,9H2,1-3H3,(H2,17,18,19);1H. The van der Waals surface area contributed by atoms with E-state index in [0.29, 0.717) is 31.2 Å². The van der Waals surface area contributed by atoms with E-state index in [9.17, 15) is 8.78 Å². The molecule has 0 spiro atoms. The Bertz CT molecular complexity index is 458. The summed E-state index contributed by atoms with van der Waals surface area (Å²) in [6.45, 7) is 3.57. The summed E-state index contributed by atoms with van der Waals surface area (Å²) >= 11 is 0. The van der Waals surface area contributed by atoms with Gasteiger partial charge in [0.15, 0.2) is 5.96 Å². The van der Waals surface area contributed by atoms with Crippen LogP contribution in [0.2, 0.25) is 0 Å². The molecule has 0 aliphatic heterocycles. The normalized spacial score (nSPS) is 12.5. The number of nitrogens with one attached hydrogen (secondary N) is 2. The molecule has 0 heterocycles. The number of ether oxygens (including phenoxy) is 1. The van der Waals surface area contributed by atoms with Crippen LogP contribution in [0.4, 0.5) is 8.78 Å². The minimum Gasteiger partial charge on any atom is -0.383 e. The molecule has 0 aromatic heterocycles. The molecule has 0 radical (unpaired) electrons. The Hall–Kier alpha value is -0.960. The average Bonchev–Trinajstić information content (AvgIpc) is 2.42. The summed E-state index contributed by atoms with van der Waals surface area (Å²) in [6.07, 6.45) is 0. The van der Waals surface area contributed by atoms with Crippen LogP contribution >= 0.6 is 24.0 Å². The molecule has 0 aliphatic rings. The zero-order chi connectivity index (χ0) is 15.0. The van der Waals surface area contributed by atoms with Gasteiger partial charge in [0.05, 0.1) is 6.61 Å². The van der Waals surface area contributed by atoms with Gasteiger partial charge in [0, 0.05) is 39.2 Å². The predicted molar refractivity (Wildman–Crippen MR) is 91.4 cm³/mol. The fourth-order valence-electron chi connectivity index (χ4n) is 1.75. The van der Waals surface area contributed by atoms with Gasteiger partial charge in [0.25, 0.3) is 0 Å². The van der Waals surface area contributed by atoms with Crippen LogP contribution in [0.15, 0.2) is 23.2 Å². The highest BCUT2D eigenvalue weighted by Crippen LogP contribution is 2.18. The van der Waals surface area contributed by atoms with Gasteiger partial charge in [-0.2, -0.15) is 0 Å². The predicted octanol–water partition coefficient (Wildman–Crippen LogP) is 2.50. The van der Waals surface area contributed by atoms with Gasteiger partial charge in [0.2, 0.25) is 0 Å². The second kappa shape index (κ2) is 10.7. The average molecular weight is 413 g/mol. The maximum absolute atomic E-state index is 13.6. The highest BCUT2D eigenvalue weighted by Gasteiger charge is 2.12. The first-order valence-electron chi connectivity index (χ1n) is 6.47. The van der Waals surface area contributed by atoms with Gasteiger partial charge in [0.1, 0.15) is 11.6 Å². The first kappa shape index (κ1) is 20.0. The molecule has 120 valence electrons. The zero-order valence-electron chi connectivity index (χ0n) is 12.5. The van der Waals surface area contributed by atoms with Crippen molar-refractivity contribution in [3.8, 4) is 0 Å². The first-order valence-corrected chi connectivity index (χ1v) is 6.47. The van der Waals surface area contributed by atoms with Crippen molar-refractivity contribution in [2.75, 3.05) is 33.9 Å². The molecule has 0 saturated heterocycles. The molecule has 0 fully saturated rings. The maximum Gasteiger partial charge on any atom is 0.191 e. The molecule has 21 heavy (non-hydrogen) atoms. The van der Waals surface area contributed by atoms with Crippen molar-refractivity contribution in [3.63, 3.8) is 0 Å². The van der Waals surface area contributed by atoms with E-state index >= 15 is 0 Å². The molecule has 0 bridgehead atoms. The maximum atomic E-state index is 13.6. The topological polar surface area (TPSA) is 45.7 Å². The summed E-state index contributed by atoms with van der Waals surface area (Å²) in [7, 11) is 3.28. The number of rotatable bonds is 6. The lowest BCUT2D eigenvalue weighted by atomic mass is 10.0. The number of methoxy groups -OCH3 is 1. The van der Waals surface area contributed by atoms with E-state index in [-0.39, 0.29) is 29.9 Å². The number of hydrogen-bond donors (Lipinski definition) is 2. The molecule has 0 amide bonds. The lowest BCUT2D eigenvalue weighted by Crippen LogP contribution is -2.40. The highest BCUT2D eigenvalue weighted by molar-refractivity contribution is 14.0. The minimum atomic E-state index is -0.566. The van der Waals surface area contributed by atoms with Crippen molar-refractivity contribution < 1.29 is 13.5 Å². The molecule has 0 aliphatic carbocycles. The van der Waals surface area contributed by atoms with E-state index in [1.165, 1.54) is 12.1 Å². The van der Waals surface area contributed by atoms with Gasteiger partial charge in [-0.05, 0) is 11.6 Å².